The van der Waals surface area contributed by atoms with Gasteiger partial charge >= 0.3 is 6.18 Å². The van der Waals surface area contributed by atoms with Crippen LogP contribution in [-0.2, 0) is 6.54 Å². The number of alkyl halides is 3. The first kappa shape index (κ1) is 12.2. The van der Waals surface area contributed by atoms with E-state index in [0.29, 0.717) is 5.69 Å². The van der Waals surface area contributed by atoms with Crippen LogP contribution in [-0.4, -0.2) is 26.8 Å². The zero-order valence-electron chi connectivity index (χ0n) is 9.03. The molecule has 0 bridgehead atoms. The van der Waals surface area contributed by atoms with Crippen molar-refractivity contribution in [3.63, 3.8) is 0 Å². The van der Waals surface area contributed by atoms with Crippen molar-refractivity contribution in [1.82, 2.24) is 14.8 Å². The minimum absolute atomic E-state index is 0.0616. The van der Waals surface area contributed by atoms with Gasteiger partial charge in [-0.1, -0.05) is 0 Å². The maximum Gasteiger partial charge on any atom is 0.406 e. The van der Waals surface area contributed by atoms with Gasteiger partial charge in [-0.25, -0.2) is 0 Å². The van der Waals surface area contributed by atoms with E-state index in [1.54, 1.807) is 0 Å². The van der Waals surface area contributed by atoms with Crippen LogP contribution in [0.5, 0.6) is 0 Å². The lowest BCUT2D eigenvalue weighted by Crippen LogP contribution is -2.23. The van der Waals surface area contributed by atoms with Gasteiger partial charge in [-0.05, 0) is 12.1 Å². The lowest BCUT2D eigenvalue weighted by molar-refractivity contribution is -0.140. The number of hydrogen-bond donors (Lipinski definition) is 2. The number of rotatable bonds is 3. The van der Waals surface area contributed by atoms with E-state index in [-0.39, 0.29) is 5.69 Å². The number of H-pyrrole nitrogens is 1. The molecule has 96 valence electrons. The first-order valence-electron chi connectivity index (χ1n) is 4.98. The Morgan fingerprint density at radius 3 is 2.89 bits per heavy atom. The van der Waals surface area contributed by atoms with Crippen LogP contribution in [0.25, 0.3) is 0 Å². The molecule has 18 heavy (non-hydrogen) atoms. The Morgan fingerprint density at radius 2 is 2.28 bits per heavy atom. The molecule has 8 heteroatoms. The molecule has 2 N–H and O–H groups in total. The monoisotopic (exact) mass is 258 g/mol. The maximum atomic E-state index is 12.3. The summed E-state index contributed by atoms with van der Waals surface area (Å²) in [4.78, 5) is 11.7. The number of anilines is 1. The Kier molecular flexibility index (Phi) is 3.09. The molecule has 0 spiro atoms. The molecule has 0 aliphatic carbocycles. The van der Waals surface area contributed by atoms with E-state index < -0.39 is 18.6 Å². The second-order valence-corrected chi connectivity index (χ2v) is 3.58. The fourth-order valence-electron chi connectivity index (χ4n) is 1.47. The SMILES string of the molecule is O=C(Nc1cn[nH]c1)c1cccn1CC(F)(F)F. The molecule has 0 saturated heterocycles. The van der Waals surface area contributed by atoms with E-state index in [2.05, 4.69) is 15.5 Å². The van der Waals surface area contributed by atoms with E-state index in [9.17, 15) is 18.0 Å². The summed E-state index contributed by atoms with van der Waals surface area (Å²) in [6.07, 6.45) is -0.384. The van der Waals surface area contributed by atoms with Crippen molar-refractivity contribution < 1.29 is 18.0 Å². The van der Waals surface area contributed by atoms with Crippen LogP contribution in [0.1, 0.15) is 10.5 Å². The van der Waals surface area contributed by atoms with Crippen molar-refractivity contribution in [3.05, 3.63) is 36.4 Å². The van der Waals surface area contributed by atoms with Crippen LogP contribution in [0.15, 0.2) is 30.7 Å². The molecule has 0 saturated carbocycles. The van der Waals surface area contributed by atoms with Crippen LogP contribution in [0.3, 0.4) is 0 Å². The molecule has 1 amide bonds. The lowest BCUT2D eigenvalue weighted by Gasteiger charge is -2.11. The molecule has 0 atom stereocenters. The number of nitrogens with one attached hydrogen (secondary N) is 2. The average molecular weight is 258 g/mol. The molecule has 0 radical (unpaired) electrons. The van der Waals surface area contributed by atoms with E-state index in [4.69, 9.17) is 0 Å². The van der Waals surface area contributed by atoms with Crippen LogP contribution in [0.2, 0.25) is 0 Å². The zero-order chi connectivity index (χ0) is 13.2. The molecule has 2 aromatic rings. The van der Waals surface area contributed by atoms with Gasteiger partial charge in [-0.2, -0.15) is 18.3 Å². The second-order valence-electron chi connectivity index (χ2n) is 3.58. The highest BCUT2D eigenvalue weighted by atomic mass is 19.4. The first-order chi connectivity index (χ1) is 8.46. The molecule has 0 unspecified atom stereocenters. The van der Waals surface area contributed by atoms with Gasteiger partial charge in [0.15, 0.2) is 0 Å². The smallest absolute Gasteiger partial charge is 0.334 e. The number of carbonyl (C=O) groups is 1. The van der Waals surface area contributed by atoms with E-state index in [1.165, 1.54) is 30.7 Å². The van der Waals surface area contributed by atoms with Gasteiger partial charge < -0.3 is 9.88 Å². The van der Waals surface area contributed by atoms with Crippen LogP contribution >= 0.6 is 0 Å². The second kappa shape index (κ2) is 4.55. The van der Waals surface area contributed by atoms with E-state index >= 15 is 0 Å². The molecule has 2 aromatic heterocycles. The van der Waals surface area contributed by atoms with Gasteiger partial charge in [0, 0.05) is 12.4 Å². The van der Waals surface area contributed by atoms with Crippen molar-refractivity contribution in [2.24, 2.45) is 0 Å². The Morgan fingerprint density at radius 1 is 1.50 bits per heavy atom. The van der Waals surface area contributed by atoms with Gasteiger partial charge in [-0.3, -0.25) is 9.89 Å². The van der Waals surface area contributed by atoms with Gasteiger partial charge in [0.05, 0.1) is 11.9 Å². The van der Waals surface area contributed by atoms with Crippen molar-refractivity contribution >= 4 is 11.6 Å². The summed E-state index contributed by atoms with van der Waals surface area (Å²) >= 11 is 0. The quantitative estimate of drug-likeness (QED) is 0.884. The summed E-state index contributed by atoms with van der Waals surface area (Å²) in [5.41, 5.74) is 0.327. The zero-order valence-corrected chi connectivity index (χ0v) is 9.03. The van der Waals surface area contributed by atoms with Crippen LogP contribution < -0.4 is 5.32 Å². The predicted octanol–water partition coefficient (Wildman–Crippen LogP) is 2.03. The van der Waals surface area contributed by atoms with E-state index in [1.807, 2.05) is 0 Å². The van der Waals surface area contributed by atoms with Crippen LogP contribution in [0.4, 0.5) is 18.9 Å². The Balaban J connectivity index is 2.13. The van der Waals surface area contributed by atoms with Crippen molar-refractivity contribution in [2.75, 3.05) is 5.32 Å². The minimum atomic E-state index is -4.37. The number of amides is 1. The molecule has 0 aliphatic rings. The van der Waals surface area contributed by atoms with Crippen molar-refractivity contribution in [1.29, 1.82) is 0 Å². The molecular formula is C10H9F3N4O. The van der Waals surface area contributed by atoms with Crippen molar-refractivity contribution in [2.45, 2.75) is 12.7 Å². The summed E-state index contributed by atoms with van der Waals surface area (Å²) in [6, 6.07) is 2.71. The summed E-state index contributed by atoms with van der Waals surface area (Å²) < 4.78 is 37.7. The normalized spacial score (nSPS) is 11.5. The maximum absolute atomic E-state index is 12.3. The average Bonchev–Trinajstić information content (AvgIpc) is 2.86. The number of nitrogens with zero attached hydrogens (tertiary/aromatic N) is 2. The van der Waals surface area contributed by atoms with Gasteiger partial charge in [0.1, 0.15) is 12.2 Å². The minimum Gasteiger partial charge on any atom is -0.334 e. The standard InChI is InChI=1S/C10H9F3N4O/c11-10(12,13)6-17-3-1-2-8(17)9(18)16-7-4-14-15-5-7/h1-5H,6H2,(H,14,15)(H,16,18). The summed E-state index contributed by atoms with van der Waals surface area (Å²) in [6.45, 7) is -1.20. The highest BCUT2D eigenvalue weighted by molar-refractivity contribution is 6.03. The third kappa shape index (κ3) is 2.90. The van der Waals surface area contributed by atoms with Gasteiger partial charge in [0.25, 0.3) is 5.91 Å². The number of aromatic amines is 1. The first-order valence-corrected chi connectivity index (χ1v) is 4.98. The molecule has 0 fully saturated rings. The Labute approximate surface area is 99.6 Å². The third-order valence-electron chi connectivity index (χ3n) is 2.17. The highest BCUT2D eigenvalue weighted by Crippen LogP contribution is 2.19. The summed E-state index contributed by atoms with van der Waals surface area (Å²) in [5.74, 6) is -0.620. The highest BCUT2D eigenvalue weighted by Gasteiger charge is 2.29. The van der Waals surface area contributed by atoms with Gasteiger partial charge in [0.2, 0.25) is 0 Å². The number of aromatic nitrogens is 3. The van der Waals surface area contributed by atoms with Crippen molar-refractivity contribution in [3.8, 4) is 0 Å². The fourth-order valence-corrected chi connectivity index (χ4v) is 1.47. The Bertz CT molecular complexity index is 530. The fraction of sp³-hybridized carbons (Fsp3) is 0.200. The molecule has 0 aliphatic heterocycles. The molecule has 0 aromatic carbocycles. The third-order valence-corrected chi connectivity index (χ3v) is 2.17. The lowest BCUT2D eigenvalue weighted by atomic mass is 10.4. The van der Waals surface area contributed by atoms with E-state index in [0.717, 1.165) is 4.57 Å². The largest absolute Gasteiger partial charge is 0.406 e. The molecule has 2 heterocycles. The summed E-state index contributed by atoms with van der Waals surface area (Å²) in [7, 11) is 0. The topological polar surface area (TPSA) is 62.7 Å². The summed E-state index contributed by atoms with van der Waals surface area (Å²) in [5, 5.41) is 8.52. The number of carbonyl (C=O) groups excluding carboxylic acids is 1. The number of halogens is 3. The molecular weight excluding hydrogens is 249 g/mol. The number of hydrogen-bond acceptors (Lipinski definition) is 2. The van der Waals surface area contributed by atoms with Gasteiger partial charge in [-0.15, -0.1) is 0 Å². The predicted molar refractivity (Wildman–Crippen MR) is 57.0 cm³/mol. The Hall–Kier alpha value is -2.25. The molecule has 5 nitrogen and oxygen atoms in total. The molecule has 2 rings (SSSR count). The van der Waals surface area contributed by atoms with Crippen LogP contribution in [0, 0.1) is 0 Å².